The van der Waals surface area contributed by atoms with E-state index in [1.807, 2.05) is 6.20 Å². The monoisotopic (exact) mass is 463 g/mol. The third-order valence-corrected chi connectivity index (χ3v) is 6.66. The van der Waals surface area contributed by atoms with Crippen LogP contribution in [-0.2, 0) is 12.8 Å². The smallest absolute Gasteiger partial charge is 0.223 e. The second-order valence-corrected chi connectivity index (χ2v) is 8.82. The summed E-state index contributed by atoms with van der Waals surface area (Å²) >= 11 is 0. The summed E-state index contributed by atoms with van der Waals surface area (Å²) in [5.74, 6) is 0.877. The van der Waals surface area contributed by atoms with Crippen molar-refractivity contribution in [1.29, 1.82) is 0 Å². The zero-order valence-corrected chi connectivity index (χ0v) is 18.3. The molecular formula is C23H23F2N9. The zero-order valence-electron chi connectivity index (χ0n) is 18.3. The van der Waals surface area contributed by atoms with Gasteiger partial charge in [0.25, 0.3) is 0 Å². The first-order valence-corrected chi connectivity index (χ1v) is 11.3. The molecule has 0 radical (unpaired) electrons. The fraction of sp³-hybridized carbons (Fsp3) is 0.348. The molecule has 0 amide bonds. The lowest BCUT2D eigenvalue weighted by atomic mass is 9.94. The van der Waals surface area contributed by atoms with E-state index >= 15 is 0 Å². The van der Waals surface area contributed by atoms with Crippen LogP contribution in [0.2, 0.25) is 0 Å². The van der Waals surface area contributed by atoms with Crippen LogP contribution in [0.15, 0.2) is 36.8 Å². The maximum atomic E-state index is 13.5. The van der Waals surface area contributed by atoms with Gasteiger partial charge in [-0.3, -0.25) is 0 Å². The van der Waals surface area contributed by atoms with Gasteiger partial charge in [0.15, 0.2) is 17.5 Å². The van der Waals surface area contributed by atoms with Crippen LogP contribution in [0.5, 0.6) is 0 Å². The maximum Gasteiger partial charge on any atom is 0.223 e. The minimum Gasteiger partial charge on any atom is -0.357 e. The van der Waals surface area contributed by atoms with E-state index in [4.69, 9.17) is 0 Å². The van der Waals surface area contributed by atoms with Crippen molar-refractivity contribution in [2.75, 3.05) is 23.3 Å². The van der Waals surface area contributed by atoms with Gasteiger partial charge >= 0.3 is 0 Å². The van der Waals surface area contributed by atoms with Gasteiger partial charge < -0.3 is 15.2 Å². The summed E-state index contributed by atoms with van der Waals surface area (Å²) in [6.45, 7) is 1.80. The molecule has 11 heteroatoms. The molecule has 9 nitrogen and oxygen atoms in total. The number of hydrogen-bond acceptors (Lipinski definition) is 7. The number of H-pyrrole nitrogens is 2. The molecule has 34 heavy (non-hydrogen) atoms. The van der Waals surface area contributed by atoms with Crippen LogP contribution in [0.25, 0.3) is 11.5 Å². The van der Waals surface area contributed by atoms with Crippen molar-refractivity contribution in [2.45, 2.75) is 37.6 Å². The Morgan fingerprint density at radius 1 is 1.00 bits per heavy atom. The zero-order chi connectivity index (χ0) is 23.1. The molecule has 1 saturated heterocycles. The van der Waals surface area contributed by atoms with Crippen LogP contribution in [0.3, 0.4) is 0 Å². The third-order valence-electron chi connectivity index (χ3n) is 6.66. The summed E-state index contributed by atoms with van der Waals surface area (Å²) in [5, 5.41) is 14.1. The number of anilines is 2. The predicted octanol–water partition coefficient (Wildman–Crippen LogP) is 3.23. The van der Waals surface area contributed by atoms with Crippen LogP contribution >= 0.6 is 0 Å². The van der Waals surface area contributed by atoms with E-state index in [-0.39, 0.29) is 6.04 Å². The van der Waals surface area contributed by atoms with Gasteiger partial charge in [-0.15, -0.1) is 0 Å². The highest BCUT2D eigenvalue weighted by atomic mass is 19.2. The Labute approximate surface area is 194 Å². The second kappa shape index (κ2) is 8.47. The summed E-state index contributed by atoms with van der Waals surface area (Å²) < 4.78 is 27.1. The Hall–Kier alpha value is -3.89. The summed E-state index contributed by atoms with van der Waals surface area (Å²) in [4.78, 5) is 19.1. The van der Waals surface area contributed by atoms with Crippen LogP contribution in [0.1, 0.15) is 35.6 Å². The molecule has 4 aromatic rings. The van der Waals surface area contributed by atoms with Crippen molar-refractivity contribution in [1.82, 2.24) is 35.3 Å². The van der Waals surface area contributed by atoms with Crippen molar-refractivity contribution in [2.24, 2.45) is 0 Å². The van der Waals surface area contributed by atoms with E-state index < -0.39 is 11.6 Å². The fourth-order valence-electron chi connectivity index (χ4n) is 4.88. The Morgan fingerprint density at radius 3 is 2.47 bits per heavy atom. The lowest BCUT2D eigenvalue weighted by Crippen LogP contribution is -2.33. The number of aromatic nitrogens is 7. The Bertz CT molecular complexity index is 1260. The molecule has 1 aromatic carbocycles. The summed E-state index contributed by atoms with van der Waals surface area (Å²) in [5.41, 5.74) is 3.33. The lowest BCUT2D eigenvalue weighted by molar-refractivity contribution is 0.493. The number of rotatable bonds is 5. The topological polar surface area (TPSA) is 111 Å². The van der Waals surface area contributed by atoms with E-state index in [2.05, 4.69) is 45.6 Å². The first-order valence-electron chi connectivity index (χ1n) is 11.3. The summed E-state index contributed by atoms with van der Waals surface area (Å²) in [7, 11) is 0. The molecule has 3 aromatic heterocycles. The van der Waals surface area contributed by atoms with Gasteiger partial charge in [-0.05, 0) is 55.0 Å². The minimum atomic E-state index is -0.811. The standard InChI is InChI=1S/C23H23F2N9/c24-17-9-14-7-16(8-15(14)10-18(17)25)29-23-26-4-1-19(30-23)22-27-12-21(31-22)34-5-2-13(3-6-34)20-11-28-33-32-20/h1,4,9-13,16H,2-3,5-8H2,(H,27,31)(H,26,29,30)(H,28,32,33). The molecule has 3 N–H and O–H groups in total. The van der Waals surface area contributed by atoms with E-state index in [0.717, 1.165) is 48.6 Å². The summed E-state index contributed by atoms with van der Waals surface area (Å²) in [6.07, 6.45) is 8.50. The minimum absolute atomic E-state index is 0.0235. The van der Waals surface area contributed by atoms with Crippen LogP contribution in [0, 0.1) is 11.6 Å². The number of imidazole rings is 1. The first-order chi connectivity index (χ1) is 16.6. The predicted molar refractivity (Wildman–Crippen MR) is 121 cm³/mol. The maximum absolute atomic E-state index is 13.5. The number of nitrogens with one attached hydrogen (secondary N) is 3. The number of benzene rings is 1. The number of nitrogens with zero attached hydrogens (tertiary/aromatic N) is 6. The highest BCUT2D eigenvalue weighted by Crippen LogP contribution is 2.30. The average molecular weight is 463 g/mol. The molecule has 0 saturated carbocycles. The number of fused-ring (bicyclic) bond motifs is 1. The van der Waals surface area contributed by atoms with Gasteiger partial charge in [-0.1, -0.05) is 0 Å². The van der Waals surface area contributed by atoms with Gasteiger partial charge in [-0.25, -0.2) is 23.7 Å². The summed E-state index contributed by atoms with van der Waals surface area (Å²) in [6, 6.07) is 4.34. The highest BCUT2D eigenvalue weighted by Gasteiger charge is 2.25. The van der Waals surface area contributed by atoms with Gasteiger partial charge in [-0.2, -0.15) is 15.4 Å². The number of piperidine rings is 1. The number of halogens is 2. The highest BCUT2D eigenvalue weighted by molar-refractivity contribution is 5.55. The van der Waals surface area contributed by atoms with E-state index in [1.165, 1.54) is 12.1 Å². The van der Waals surface area contributed by atoms with Gasteiger partial charge in [0.1, 0.15) is 11.5 Å². The van der Waals surface area contributed by atoms with Crippen molar-refractivity contribution < 1.29 is 8.78 Å². The van der Waals surface area contributed by atoms with E-state index in [9.17, 15) is 8.78 Å². The van der Waals surface area contributed by atoms with Gasteiger partial charge in [0.2, 0.25) is 5.95 Å². The molecule has 6 rings (SSSR count). The average Bonchev–Trinajstić information content (AvgIpc) is 3.61. The van der Waals surface area contributed by atoms with Crippen LogP contribution < -0.4 is 10.2 Å². The molecular weight excluding hydrogens is 440 g/mol. The van der Waals surface area contributed by atoms with E-state index in [0.29, 0.717) is 36.2 Å². The lowest BCUT2D eigenvalue weighted by Gasteiger charge is -2.31. The molecule has 1 aliphatic heterocycles. The Morgan fingerprint density at radius 2 is 1.76 bits per heavy atom. The molecule has 0 atom stereocenters. The van der Waals surface area contributed by atoms with Crippen molar-refractivity contribution in [3.8, 4) is 11.5 Å². The molecule has 174 valence electrons. The SMILES string of the molecule is Fc1cc2c(cc1F)CC(Nc1nccc(-c3ncc(N4CCC(c5cn[nH]n5)CC4)[nH]3)n1)C2. The third kappa shape index (κ3) is 3.97. The molecule has 1 aliphatic carbocycles. The number of aromatic amines is 2. The van der Waals surface area contributed by atoms with Crippen LogP contribution in [-0.4, -0.2) is 54.5 Å². The van der Waals surface area contributed by atoms with Crippen LogP contribution in [0.4, 0.5) is 20.5 Å². The van der Waals surface area contributed by atoms with Crippen molar-refractivity contribution in [3.05, 3.63) is 65.2 Å². The molecule has 0 unspecified atom stereocenters. The Balaban J connectivity index is 1.11. The number of hydrogen-bond donors (Lipinski definition) is 3. The van der Waals surface area contributed by atoms with Gasteiger partial charge in [0, 0.05) is 31.2 Å². The molecule has 0 spiro atoms. The van der Waals surface area contributed by atoms with Crippen molar-refractivity contribution in [3.63, 3.8) is 0 Å². The first kappa shape index (κ1) is 20.7. The molecule has 4 heterocycles. The fourth-order valence-corrected chi connectivity index (χ4v) is 4.88. The largest absolute Gasteiger partial charge is 0.357 e. The van der Waals surface area contributed by atoms with Crippen molar-refractivity contribution >= 4 is 11.8 Å². The normalized spacial score (nSPS) is 16.7. The van der Waals surface area contributed by atoms with Gasteiger partial charge in [0.05, 0.1) is 18.1 Å². The molecule has 1 fully saturated rings. The Kier molecular flexibility index (Phi) is 5.16. The second-order valence-electron chi connectivity index (χ2n) is 8.82. The molecule has 0 bridgehead atoms. The van der Waals surface area contributed by atoms with E-state index in [1.54, 1.807) is 18.5 Å². The quantitative estimate of drug-likeness (QED) is 0.417. The molecule has 2 aliphatic rings.